The fraction of sp³-hybridized carbons (Fsp3) is 0.500. The van der Waals surface area contributed by atoms with E-state index in [0.717, 1.165) is 11.1 Å². The van der Waals surface area contributed by atoms with Crippen molar-refractivity contribution in [3.05, 3.63) is 35.9 Å². The van der Waals surface area contributed by atoms with Crippen molar-refractivity contribution in [1.29, 1.82) is 0 Å². The number of allylic oxidation sites excluding steroid dienone is 1. The molecule has 0 aliphatic carbocycles. The summed E-state index contributed by atoms with van der Waals surface area (Å²) in [6.45, 7) is 5.18. The zero-order valence-electron chi connectivity index (χ0n) is 14.4. The molecular weight excluding hydrogens is 308 g/mol. The van der Waals surface area contributed by atoms with E-state index in [1.165, 1.54) is 0 Å². The number of benzene rings is 1. The van der Waals surface area contributed by atoms with Crippen LogP contribution in [0.2, 0.25) is 0 Å². The first-order valence-corrected chi connectivity index (χ1v) is 8.03. The van der Waals surface area contributed by atoms with Crippen LogP contribution in [0.3, 0.4) is 0 Å². The summed E-state index contributed by atoms with van der Waals surface area (Å²) in [4.78, 5) is 12.4. The molecular formula is C18H26N2O4. The smallest absolute Gasteiger partial charge is 0.240 e. The van der Waals surface area contributed by atoms with Crippen LogP contribution in [0.5, 0.6) is 11.5 Å². The van der Waals surface area contributed by atoms with Gasteiger partial charge in [0.25, 0.3) is 0 Å². The number of amides is 1. The Labute approximate surface area is 143 Å². The van der Waals surface area contributed by atoms with Crippen molar-refractivity contribution in [2.45, 2.75) is 31.3 Å². The quantitative estimate of drug-likeness (QED) is 0.740. The lowest BCUT2D eigenvalue weighted by Gasteiger charge is -2.31. The first-order valence-electron chi connectivity index (χ1n) is 8.03. The molecule has 0 spiro atoms. The maximum atomic E-state index is 12.4. The molecule has 0 bridgehead atoms. The van der Waals surface area contributed by atoms with Crippen LogP contribution in [0.1, 0.15) is 24.0 Å². The van der Waals surface area contributed by atoms with E-state index in [2.05, 4.69) is 11.9 Å². The first-order chi connectivity index (χ1) is 11.5. The summed E-state index contributed by atoms with van der Waals surface area (Å²) < 4.78 is 16.1. The van der Waals surface area contributed by atoms with Crippen LogP contribution in [0.15, 0.2) is 24.8 Å². The number of ether oxygens (including phenoxy) is 3. The summed E-state index contributed by atoms with van der Waals surface area (Å²) in [6.07, 6.45) is 3.52. The minimum absolute atomic E-state index is 0.147. The second kappa shape index (κ2) is 8.17. The second-order valence-corrected chi connectivity index (χ2v) is 5.93. The van der Waals surface area contributed by atoms with E-state index in [-0.39, 0.29) is 5.91 Å². The predicted molar refractivity (Wildman–Crippen MR) is 92.3 cm³/mol. The number of nitrogens with two attached hydrogens (primary N) is 1. The van der Waals surface area contributed by atoms with Crippen LogP contribution in [-0.2, 0) is 22.5 Å². The number of hydrogen-bond donors (Lipinski definition) is 2. The van der Waals surface area contributed by atoms with Crippen molar-refractivity contribution >= 4 is 5.91 Å². The van der Waals surface area contributed by atoms with Crippen LogP contribution in [0.25, 0.3) is 0 Å². The molecule has 0 aromatic heterocycles. The fourth-order valence-corrected chi connectivity index (χ4v) is 2.84. The topological polar surface area (TPSA) is 82.8 Å². The van der Waals surface area contributed by atoms with Gasteiger partial charge in [-0.2, -0.15) is 0 Å². The number of carbonyl (C=O) groups is 1. The Bertz CT molecular complexity index is 595. The van der Waals surface area contributed by atoms with Crippen LogP contribution in [0.4, 0.5) is 0 Å². The highest BCUT2D eigenvalue weighted by Gasteiger charge is 2.35. The van der Waals surface area contributed by atoms with E-state index in [1.54, 1.807) is 20.3 Å². The van der Waals surface area contributed by atoms with E-state index >= 15 is 0 Å². The molecule has 1 aliphatic heterocycles. The number of rotatable bonds is 7. The SMILES string of the molecule is C=CCc1cc(CNC(=O)C2(N)CCOCC2)cc(OC)c1OC. The van der Waals surface area contributed by atoms with E-state index in [4.69, 9.17) is 19.9 Å². The maximum Gasteiger partial charge on any atom is 0.240 e. The average molecular weight is 334 g/mol. The highest BCUT2D eigenvalue weighted by molar-refractivity contribution is 5.86. The van der Waals surface area contributed by atoms with Gasteiger partial charge in [0, 0.05) is 25.3 Å². The molecule has 1 aromatic rings. The number of hydrogen-bond acceptors (Lipinski definition) is 5. The lowest BCUT2D eigenvalue weighted by Crippen LogP contribution is -2.56. The highest BCUT2D eigenvalue weighted by atomic mass is 16.5. The molecule has 0 unspecified atom stereocenters. The molecule has 6 heteroatoms. The van der Waals surface area contributed by atoms with Crippen LogP contribution in [0, 0.1) is 0 Å². The molecule has 0 saturated carbocycles. The van der Waals surface area contributed by atoms with Gasteiger partial charge < -0.3 is 25.3 Å². The Balaban J connectivity index is 2.12. The van der Waals surface area contributed by atoms with Crippen molar-refractivity contribution in [2.75, 3.05) is 27.4 Å². The Morgan fingerprint density at radius 3 is 2.67 bits per heavy atom. The second-order valence-electron chi connectivity index (χ2n) is 5.93. The Kier molecular flexibility index (Phi) is 6.23. The third kappa shape index (κ3) is 4.07. The molecule has 0 radical (unpaired) electrons. The van der Waals surface area contributed by atoms with Crippen molar-refractivity contribution < 1.29 is 19.0 Å². The van der Waals surface area contributed by atoms with Gasteiger partial charge in [0.2, 0.25) is 5.91 Å². The molecule has 0 atom stereocenters. The summed E-state index contributed by atoms with van der Waals surface area (Å²) >= 11 is 0. The Morgan fingerprint density at radius 1 is 1.38 bits per heavy atom. The third-order valence-corrected chi connectivity index (χ3v) is 4.27. The van der Waals surface area contributed by atoms with Gasteiger partial charge in [0.05, 0.1) is 19.8 Å². The minimum atomic E-state index is -0.848. The molecule has 1 aromatic carbocycles. The monoisotopic (exact) mass is 334 g/mol. The molecule has 6 nitrogen and oxygen atoms in total. The van der Waals surface area contributed by atoms with Gasteiger partial charge in [0.15, 0.2) is 11.5 Å². The molecule has 1 fully saturated rings. The average Bonchev–Trinajstić information content (AvgIpc) is 2.60. The third-order valence-electron chi connectivity index (χ3n) is 4.27. The van der Waals surface area contributed by atoms with Gasteiger partial charge in [-0.3, -0.25) is 4.79 Å². The van der Waals surface area contributed by atoms with Gasteiger partial charge in [0.1, 0.15) is 0 Å². The van der Waals surface area contributed by atoms with Crippen LogP contribution in [-0.4, -0.2) is 38.9 Å². The van der Waals surface area contributed by atoms with Gasteiger partial charge in [-0.25, -0.2) is 0 Å². The molecule has 1 aliphatic rings. The van der Waals surface area contributed by atoms with E-state index in [0.29, 0.717) is 50.5 Å². The zero-order chi connectivity index (χ0) is 17.6. The summed E-state index contributed by atoms with van der Waals surface area (Å²) in [5.74, 6) is 1.17. The zero-order valence-corrected chi connectivity index (χ0v) is 14.4. The Morgan fingerprint density at radius 2 is 2.08 bits per heavy atom. The highest BCUT2D eigenvalue weighted by Crippen LogP contribution is 2.33. The van der Waals surface area contributed by atoms with Crippen molar-refractivity contribution in [1.82, 2.24) is 5.32 Å². The van der Waals surface area contributed by atoms with Crippen molar-refractivity contribution in [3.8, 4) is 11.5 Å². The summed E-state index contributed by atoms with van der Waals surface area (Å²) in [5, 5.41) is 2.93. The van der Waals surface area contributed by atoms with E-state index < -0.39 is 5.54 Å². The van der Waals surface area contributed by atoms with Crippen molar-refractivity contribution in [3.63, 3.8) is 0 Å². The molecule has 1 saturated heterocycles. The number of methoxy groups -OCH3 is 2. The molecule has 1 amide bonds. The van der Waals surface area contributed by atoms with E-state index in [1.807, 2.05) is 12.1 Å². The van der Waals surface area contributed by atoms with Gasteiger partial charge in [-0.05, 0) is 37.0 Å². The molecule has 2 rings (SSSR count). The standard InChI is InChI=1S/C18H26N2O4/c1-4-5-14-10-13(11-15(22-2)16(14)23-3)12-20-17(21)18(19)6-8-24-9-7-18/h4,10-11H,1,5-9,12,19H2,2-3H3,(H,20,21). The molecule has 132 valence electrons. The van der Waals surface area contributed by atoms with Crippen LogP contribution >= 0.6 is 0 Å². The normalized spacial score (nSPS) is 16.3. The predicted octanol–water partition coefficient (Wildman–Crippen LogP) is 1.56. The number of carbonyl (C=O) groups excluding carboxylic acids is 1. The Hall–Kier alpha value is -2.05. The lowest BCUT2D eigenvalue weighted by atomic mass is 9.90. The molecule has 3 N–H and O–H groups in total. The first kappa shape index (κ1) is 18.3. The van der Waals surface area contributed by atoms with Crippen molar-refractivity contribution in [2.24, 2.45) is 5.73 Å². The van der Waals surface area contributed by atoms with Gasteiger partial charge in [-0.1, -0.05) is 6.08 Å². The molecule has 24 heavy (non-hydrogen) atoms. The van der Waals surface area contributed by atoms with E-state index in [9.17, 15) is 4.79 Å². The number of nitrogens with one attached hydrogen (secondary N) is 1. The summed E-state index contributed by atoms with van der Waals surface area (Å²) in [6, 6.07) is 3.84. The summed E-state index contributed by atoms with van der Waals surface area (Å²) in [5.41, 5.74) is 7.23. The maximum absolute atomic E-state index is 12.4. The summed E-state index contributed by atoms with van der Waals surface area (Å²) in [7, 11) is 3.20. The molecule has 1 heterocycles. The van der Waals surface area contributed by atoms with Gasteiger partial charge in [-0.15, -0.1) is 6.58 Å². The van der Waals surface area contributed by atoms with Crippen LogP contribution < -0.4 is 20.5 Å². The van der Waals surface area contributed by atoms with Gasteiger partial charge >= 0.3 is 0 Å². The minimum Gasteiger partial charge on any atom is -0.493 e. The largest absolute Gasteiger partial charge is 0.493 e. The lowest BCUT2D eigenvalue weighted by molar-refractivity contribution is -0.129. The fourth-order valence-electron chi connectivity index (χ4n) is 2.84.